The summed E-state index contributed by atoms with van der Waals surface area (Å²) in [4.78, 5) is 12.5. The zero-order valence-corrected chi connectivity index (χ0v) is 17.6. The van der Waals surface area contributed by atoms with Gasteiger partial charge >= 0.3 is 0 Å². The van der Waals surface area contributed by atoms with E-state index < -0.39 is 15.6 Å². The van der Waals surface area contributed by atoms with Crippen molar-refractivity contribution in [3.05, 3.63) is 53.5 Å². The third kappa shape index (κ3) is 6.78. The van der Waals surface area contributed by atoms with Gasteiger partial charge in [0.15, 0.2) is 0 Å². The third-order valence-corrected chi connectivity index (χ3v) is 5.54. The molecule has 0 spiro atoms. The number of rotatable bonds is 9. The molecule has 0 aliphatic carbocycles. The molecule has 0 radical (unpaired) electrons. The second-order valence-electron chi connectivity index (χ2n) is 7.57. The summed E-state index contributed by atoms with van der Waals surface area (Å²) < 4.78 is 38.2. The highest BCUT2D eigenvalue weighted by molar-refractivity contribution is 7.89. The second-order valence-corrected chi connectivity index (χ2v) is 9.26. The SMILES string of the molecule is Cc1ccc(S(=O)(=O)NC(C)(C)C)cc1C(=O)NCCCOCc1ccco1. The Labute approximate surface area is 166 Å². The Morgan fingerprint density at radius 3 is 2.61 bits per heavy atom. The van der Waals surface area contributed by atoms with Crippen LogP contribution in [0, 0.1) is 6.92 Å². The van der Waals surface area contributed by atoms with Crippen LogP contribution < -0.4 is 10.0 Å². The number of carbonyl (C=O) groups excluding carboxylic acids is 1. The fourth-order valence-corrected chi connectivity index (χ4v) is 3.96. The molecule has 2 aromatic rings. The number of ether oxygens (including phenoxy) is 1. The largest absolute Gasteiger partial charge is 0.467 e. The van der Waals surface area contributed by atoms with Crippen LogP contribution in [0.1, 0.15) is 48.9 Å². The van der Waals surface area contributed by atoms with E-state index in [1.165, 1.54) is 12.1 Å². The summed E-state index contributed by atoms with van der Waals surface area (Å²) in [6, 6.07) is 8.18. The van der Waals surface area contributed by atoms with Crippen molar-refractivity contribution in [2.45, 2.75) is 51.2 Å². The molecular weight excluding hydrogens is 380 g/mol. The number of amides is 1. The minimum atomic E-state index is -3.70. The highest BCUT2D eigenvalue weighted by atomic mass is 32.2. The van der Waals surface area contributed by atoms with Crippen molar-refractivity contribution >= 4 is 15.9 Å². The molecule has 2 N–H and O–H groups in total. The quantitative estimate of drug-likeness (QED) is 0.622. The molecule has 0 aliphatic heterocycles. The topological polar surface area (TPSA) is 97.6 Å². The molecule has 1 aromatic heterocycles. The van der Waals surface area contributed by atoms with Gasteiger partial charge < -0.3 is 14.5 Å². The minimum absolute atomic E-state index is 0.0694. The predicted octanol–water partition coefficient (Wildman–Crippen LogP) is 3.00. The highest BCUT2D eigenvalue weighted by Gasteiger charge is 2.23. The van der Waals surface area contributed by atoms with Gasteiger partial charge in [-0.15, -0.1) is 0 Å². The molecule has 0 unspecified atom stereocenters. The summed E-state index contributed by atoms with van der Waals surface area (Å²) in [5, 5.41) is 2.80. The van der Waals surface area contributed by atoms with E-state index in [9.17, 15) is 13.2 Å². The lowest BCUT2D eigenvalue weighted by molar-refractivity contribution is 0.0916. The van der Waals surface area contributed by atoms with Crippen molar-refractivity contribution < 1.29 is 22.4 Å². The molecule has 0 atom stereocenters. The molecule has 28 heavy (non-hydrogen) atoms. The Kier molecular flexibility index (Phi) is 7.40. The lowest BCUT2D eigenvalue weighted by atomic mass is 10.1. The summed E-state index contributed by atoms with van der Waals surface area (Å²) in [5.74, 6) is 0.442. The Morgan fingerprint density at radius 2 is 1.96 bits per heavy atom. The summed E-state index contributed by atoms with van der Waals surface area (Å²) in [7, 11) is -3.70. The maximum Gasteiger partial charge on any atom is 0.251 e. The molecule has 7 nitrogen and oxygen atoms in total. The molecule has 0 aliphatic rings. The molecule has 0 saturated heterocycles. The first kappa shape index (κ1) is 22.1. The van der Waals surface area contributed by atoms with Crippen LogP contribution in [0.4, 0.5) is 0 Å². The van der Waals surface area contributed by atoms with Crippen molar-refractivity contribution in [1.82, 2.24) is 10.0 Å². The average Bonchev–Trinajstić information content (AvgIpc) is 3.09. The summed E-state index contributed by atoms with van der Waals surface area (Å²) in [6.45, 7) is 8.36. The number of hydrogen-bond donors (Lipinski definition) is 2. The zero-order valence-electron chi connectivity index (χ0n) is 16.7. The van der Waals surface area contributed by atoms with Crippen LogP contribution in [0.25, 0.3) is 0 Å². The molecule has 154 valence electrons. The number of benzene rings is 1. The van der Waals surface area contributed by atoms with E-state index in [0.29, 0.717) is 37.3 Å². The first-order valence-corrected chi connectivity index (χ1v) is 10.6. The number of hydrogen-bond acceptors (Lipinski definition) is 5. The van der Waals surface area contributed by atoms with Crippen molar-refractivity contribution in [3.8, 4) is 0 Å². The van der Waals surface area contributed by atoms with Gasteiger partial charge in [0.2, 0.25) is 10.0 Å². The second kappa shape index (κ2) is 9.36. The summed E-state index contributed by atoms with van der Waals surface area (Å²) in [5.41, 5.74) is 0.441. The van der Waals surface area contributed by atoms with Gasteiger partial charge in [0.1, 0.15) is 12.4 Å². The Morgan fingerprint density at radius 1 is 1.21 bits per heavy atom. The van der Waals surface area contributed by atoms with Gasteiger partial charge in [0, 0.05) is 24.3 Å². The Hall–Kier alpha value is -2.16. The molecule has 8 heteroatoms. The van der Waals surface area contributed by atoms with Crippen LogP contribution >= 0.6 is 0 Å². The van der Waals surface area contributed by atoms with Crippen molar-refractivity contribution in [2.24, 2.45) is 0 Å². The van der Waals surface area contributed by atoms with Crippen LogP contribution in [0.15, 0.2) is 45.9 Å². The van der Waals surface area contributed by atoms with E-state index in [0.717, 1.165) is 5.76 Å². The maximum atomic E-state index is 12.5. The van der Waals surface area contributed by atoms with Crippen LogP contribution in [0.5, 0.6) is 0 Å². The van der Waals surface area contributed by atoms with Crippen molar-refractivity contribution in [1.29, 1.82) is 0 Å². The Bertz CT molecular complexity index is 884. The lowest BCUT2D eigenvalue weighted by Crippen LogP contribution is -2.40. The first-order valence-electron chi connectivity index (χ1n) is 9.11. The van der Waals surface area contributed by atoms with Gasteiger partial charge in [-0.25, -0.2) is 13.1 Å². The summed E-state index contributed by atoms with van der Waals surface area (Å²) >= 11 is 0. The van der Waals surface area contributed by atoms with Gasteiger partial charge in [0.25, 0.3) is 5.91 Å². The number of furan rings is 1. The number of sulfonamides is 1. The molecule has 0 bridgehead atoms. The molecule has 0 saturated carbocycles. The van der Waals surface area contributed by atoms with E-state index in [4.69, 9.17) is 9.15 Å². The fourth-order valence-electron chi connectivity index (χ4n) is 2.51. The molecular formula is C20H28N2O5S. The van der Waals surface area contributed by atoms with Crippen LogP contribution in [0.2, 0.25) is 0 Å². The average molecular weight is 409 g/mol. The van der Waals surface area contributed by atoms with Crippen LogP contribution in [0.3, 0.4) is 0 Å². The predicted molar refractivity (Wildman–Crippen MR) is 107 cm³/mol. The van der Waals surface area contributed by atoms with E-state index >= 15 is 0 Å². The molecule has 2 rings (SSSR count). The van der Waals surface area contributed by atoms with Crippen LogP contribution in [-0.4, -0.2) is 33.0 Å². The van der Waals surface area contributed by atoms with Gasteiger partial charge in [0.05, 0.1) is 11.2 Å². The first-order chi connectivity index (χ1) is 13.1. The van der Waals surface area contributed by atoms with Crippen molar-refractivity contribution in [2.75, 3.05) is 13.2 Å². The summed E-state index contributed by atoms with van der Waals surface area (Å²) in [6.07, 6.45) is 2.22. The third-order valence-electron chi connectivity index (χ3n) is 3.78. The number of nitrogens with one attached hydrogen (secondary N) is 2. The molecule has 1 heterocycles. The number of carbonyl (C=O) groups is 1. The van der Waals surface area contributed by atoms with Crippen LogP contribution in [-0.2, 0) is 21.4 Å². The van der Waals surface area contributed by atoms with E-state index in [1.807, 2.05) is 6.07 Å². The zero-order chi connectivity index (χ0) is 20.8. The molecule has 0 fully saturated rings. The van der Waals surface area contributed by atoms with E-state index in [1.54, 1.807) is 46.1 Å². The molecule has 1 amide bonds. The lowest BCUT2D eigenvalue weighted by Gasteiger charge is -2.20. The smallest absolute Gasteiger partial charge is 0.251 e. The normalized spacial score (nSPS) is 12.1. The van der Waals surface area contributed by atoms with E-state index in [-0.39, 0.29) is 10.8 Å². The monoisotopic (exact) mass is 408 g/mol. The highest BCUT2D eigenvalue weighted by Crippen LogP contribution is 2.17. The van der Waals surface area contributed by atoms with Gasteiger partial charge in [-0.2, -0.15) is 0 Å². The molecule has 1 aromatic carbocycles. The minimum Gasteiger partial charge on any atom is -0.467 e. The van der Waals surface area contributed by atoms with E-state index in [2.05, 4.69) is 10.0 Å². The Balaban J connectivity index is 1.90. The van der Waals surface area contributed by atoms with Gasteiger partial charge in [-0.05, 0) is 63.9 Å². The number of aryl methyl sites for hydroxylation is 1. The maximum absolute atomic E-state index is 12.5. The fraction of sp³-hybridized carbons (Fsp3) is 0.450. The van der Waals surface area contributed by atoms with Gasteiger partial charge in [-0.3, -0.25) is 4.79 Å². The van der Waals surface area contributed by atoms with Crippen molar-refractivity contribution in [3.63, 3.8) is 0 Å². The standard InChI is InChI=1S/C20H28N2O5S/c1-15-8-9-17(28(24,25)22-20(2,3)4)13-18(15)19(23)21-10-6-11-26-14-16-7-5-12-27-16/h5,7-9,12-13,22H,6,10-11,14H2,1-4H3,(H,21,23). The van der Waals surface area contributed by atoms with Gasteiger partial charge in [-0.1, -0.05) is 6.07 Å².